The molecule has 122 valence electrons. The fraction of sp³-hybridized carbons (Fsp3) is 0.647. The highest BCUT2D eigenvalue weighted by Crippen LogP contribution is 2.23. The number of aliphatic hydroxyl groups is 1. The molecular weight excluding hydrogens is 278 g/mol. The van der Waals surface area contributed by atoms with Crippen molar-refractivity contribution in [3.8, 4) is 0 Å². The zero-order valence-electron chi connectivity index (χ0n) is 13.5. The van der Waals surface area contributed by atoms with Crippen molar-refractivity contribution in [2.75, 3.05) is 6.54 Å². The molecule has 2 rings (SSSR count). The first-order chi connectivity index (χ1) is 10.6. The van der Waals surface area contributed by atoms with E-state index in [9.17, 15) is 9.90 Å². The summed E-state index contributed by atoms with van der Waals surface area (Å²) in [6, 6.07) is 4.05. The third-order valence-electron chi connectivity index (χ3n) is 4.43. The molecule has 5 heteroatoms. The molecule has 0 saturated heterocycles. The molecule has 22 heavy (non-hydrogen) atoms. The molecular formula is C17H27N3O2. The summed E-state index contributed by atoms with van der Waals surface area (Å²) in [6.07, 6.45) is 6.68. The maximum absolute atomic E-state index is 12.1. The Hall–Kier alpha value is -1.62. The SMILES string of the molecule is CC(C)C(CNC(=O)NC1CCC(O)CC1)c1cccnc1. The summed E-state index contributed by atoms with van der Waals surface area (Å²) in [6.45, 7) is 4.91. The van der Waals surface area contributed by atoms with Gasteiger partial charge in [-0.15, -0.1) is 0 Å². The van der Waals surface area contributed by atoms with Crippen molar-refractivity contribution in [1.29, 1.82) is 0 Å². The van der Waals surface area contributed by atoms with Crippen molar-refractivity contribution >= 4 is 6.03 Å². The molecule has 0 radical (unpaired) electrons. The lowest BCUT2D eigenvalue weighted by atomic mass is 9.89. The monoisotopic (exact) mass is 305 g/mol. The smallest absolute Gasteiger partial charge is 0.315 e. The Morgan fingerprint density at radius 1 is 1.36 bits per heavy atom. The highest BCUT2D eigenvalue weighted by atomic mass is 16.3. The average molecular weight is 305 g/mol. The standard InChI is InChI=1S/C17H27N3O2/c1-12(2)16(13-4-3-9-18-10-13)11-19-17(22)20-14-5-7-15(21)8-6-14/h3-4,9-10,12,14-16,21H,5-8,11H2,1-2H3,(H2,19,20,22). The van der Waals surface area contributed by atoms with Crippen molar-refractivity contribution in [2.45, 2.75) is 57.6 Å². The molecule has 1 unspecified atom stereocenters. The van der Waals surface area contributed by atoms with E-state index in [-0.39, 0.29) is 24.1 Å². The molecule has 2 amide bonds. The number of carbonyl (C=O) groups is 1. The van der Waals surface area contributed by atoms with Crippen LogP contribution in [0.3, 0.4) is 0 Å². The Balaban J connectivity index is 1.81. The number of pyridine rings is 1. The second-order valence-electron chi connectivity index (χ2n) is 6.50. The molecule has 0 spiro atoms. The first kappa shape index (κ1) is 16.7. The first-order valence-corrected chi connectivity index (χ1v) is 8.18. The van der Waals surface area contributed by atoms with Crippen LogP contribution in [-0.4, -0.2) is 34.8 Å². The molecule has 5 nitrogen and oxygen atoms in total. The number of aliphatic hydroxyl groups excluding tert-OH is 1. The quantitative estimate of drug-likeness (QED) is 0.782. The summed E-state index contributed by atoms with van der Waals surface area (Å²) in [5, 5.41) is 15.5. The van der Waals surface area contributed by atoms with Crippen LogP contribution in [0.2, 0.25) is 0 Å². The minimum Gasteiger partial charge on any atom is -0.393 e. The van der Waals surface area contributed by atoms with Crippen LogP contribution in [-0.2, 0) is 0 Å². The molecule has 1 aliphatic rings. The lowest BCUT2D eigenvalue weighted by Crippen LogP contribution is -2.45. The Morgan fingerprint density at radius 3 is 2.68 bits per heavy atom. The zero-order valence-corrected chi connectivity index (χ0v) is 13.5. The number of amides is 2. The Labute approximate surface area is 132 Å². The molecule has 0 bridgehead atoms. The molecule has 1 aromatic heterocycles. The van der Waals surface area contributed by atoms with Gasteiger partial charge in [0.1, 0.15) is 0 Å². The van der Waals surface area contributed by atoms with E-state index < -0.39 is 0 Å². The predicted molar refractivity (Wildman–Crippen MR) is 86.6 cm³/mol. The number of aromatic nitrogens is 1. The summed E-state index contributed by atoms with van der Waals surface area (Å²) in [5.41, 5.74) is 1.15. The number of carbonyl (C=O) groups excluding carboxylic acids is 1. The highest BCUT2D eigenvalue weighted by Gasteiger charge is 2.22. The summed E-state index contributed by atoms with van der Waals surface area (Å²) in [4.78, 5) is 16.2. The zero-order chi connectivity index (χ0) is 15.9. The summed E-state index contributed by atoms with van der Waals surface area (Å²) in [5.74, 6) is 0.682. The van der Waals surface area contributed by atoms with Gasteiger partial charge in [-0.1, -0.05) is 19.9 Å². The van der Waals surface area contributed by atoms with Crippen LogP contribution in [0.1, 0.15) is 51.0 Å². The molecule has 1 heterocycles. The molecule has 1 aliphatic carbocycles. The summed E-state index contributed by atoms with van der Waals surface area (Å²) < 4.78 is 0. The van der Waals surface area contributed by atoms with Gasteiger partial charge in [0.15, 0.2) is 0 Å². The highest BCUT2D eigenvalue weighted by molar-refractivity contribution is 5.74. The van der Waals surface area contributed by atoms with Gasteiger partial charge in [-0.2, -0.15) is 0 Å². The predicted octanol–water partition coefficient (Wildman–Crippen LogP) is 2.42. The van der Waals surface area contributed by atoms with E-state index in [2.05, 4.69) is 35.5 Å². The van der Waals surface area contributed by atoms with Gasteiger partial charge in [0.2, 0.25) is 0 Å². The molecule has 1 aromatic rings. The van der Waals surface area contributed by atoms with E-state index >= 15 is 0 Å². The number of urea groups is 1. The van der Waals surface area contributed by atoms with Crippen molar-refractivity contribution in [3.05, 3.63) is 30.1 Å². The van der Waals surface area contributed by atoms with Gasteiger partial charge in [-0.25, -0.2) is 4.79 Å². The van der Waals surface area contributed by atoms with Gasteiger partial charge in [0.25, 0.3) is 0 Å². The van der Waals surface area contributed by atoms with Gasteiger partial charge >= 0.3 is 6.03 Å². The molecule has 0 aromatic carbocycles. The number of hydrogen-bond acceptors (Lipinski definition) is 3. The molecule has 0 aliphatic heterocycles. The molecule has 1 saturated carbocycles. The minimum atomic E-state index is -0.197. The molecule has 1 atom stereocenters. The van der Waals surface area contributed by atoms with Crippen LogP contribution in [0.4, 0.5) is 4.79 Å². The Morgan fingerprint density at radius 2 is 2.09 bits per heavy atom. The van der Waals surface area contributed by atoms with Crippen LogP contribution < -0.4 is 10.6 Å². The fourth-order valence-electron chi connectivity index (χ4n) is 2.99. The Kier molecular flexibility index (Phi) is 6.19. The van der Waals surface area contributed by atoms with Gasteiger partial charge in [0.05, 0.1) is 6.10 Å². The van der Waals surface area contributed by atoms with Crippen molar-refractivity contribution in [2.24, 2.45) is 5.92 Å². The van der Waals surface area contributed by atoms with Crippen LogP contribution in [0, 0.1) is 5.92 Å². The summed E-state index contributed by atoms with van der Waals surface area (Å²) >= 11 is 0. The van der Waals surface area contributed by atoms with Crippen LogP contribution in [0.15, 0.2) is 24.5 Å². The second-order valence-corrected chi connectivity index (χ2v) is 6.50. The molecule has 1 fully saturated rings. The Bertz CT molecular complexity index is 456. The maximum atomic E-state index is 12.1. The van der Waals surface area contributed by atoms with E-state index in [0.717, 1.165) is 31.2 Å². The first-order valence-electron chi connectivity index (χ1n) is 8.18. The lowest BCUT2D eigenvalue weighted by molar-refractivity contribution is 0.117. The third-order valence-corrected chi connectivity index (χ3v) is 4.43. The van der Waals surface area contributed by atoms with Crippen LogP contribution >= 0.6 is 0 Å². The van der Waals surface area contributed by atoms with Gasteiger partial charge in [-0.05, 0) is 43.2 Å². The average Bonchev–Trinajstić information content (AvgIpc) is 2.50. The topological polar surface area (TPSA) is 74.2 Å². The fourth-order valence-corrected chi connectivity index (χ4v) is 2.99. The van der Waals surface area contributed by atoms with Crippen molar-refractivity contribution in [3.63, 3.8) is 0 Å². The van der Waals surface area contributed by atoms with E-state index in [1.165, 1.54) is 0 Å². The normalized spacial score (nSPS) is 23.1. The number of hydrogen-bond donors (Lipinski definition) is 3. The van der Waals surface area contributed by atoms with Crippen molar-refractivity contribution < 1.29 is 9.90 Å². The van der Waals surface area contributed by atoms with Crippen LogP contribution in [0.25, 0.3) is 0 Å². The van der Waals surface area contributed by atoms with E-state index in [1.54, 1.807) is 6.20 Å². The number of nitrogens with one attached hydrogen (secondary N) is 2. The molecule has 3 N–H and O–H groups in total. The summed E-state index contributed by atoms with van der Waals surface area (Å²) in [7, 11) is 0. The van der Waals surface area contributed by atoms with Crippen LogP contribution in [0.5, 0.6) is 0 Å². The van der Waals surface area contributed by atoms with Crippen molar-refractivity contribution in [1.82, 2.24) is 15.6 Å². The van der Waals surface area contributed by atoms with E-state index in [1.807, 2.05) is 12.3 Å². The largest absolute Gasteiger partial charge is 0.393 e. The lowest BCUT2D eigenvalue weighted by Gasteiger charge is -2.27. The second kappa shape index (κ2) is 8.13. The van der Waals surface area contributed by atoms with Gasteiger partial charge in [-0.3, -0.25) is 4.98 Å². The maximum Gasteiger partial charge on any atom is 0.315 e. The van der Waals surface area contributed by atoms with Gasteiger partial charge < -0.3 is 15.7 Å². The van der Waals surface area contributed by atoms with Gasteiger partial charge in [0, 0.05) is 30.9 Å². The van der Waals surface area contributed by atoms with E-state index in [0.29, 0.717) is 12.5 Å². The van der Waals surface area contributed by atoms with E-state index in [4.69, 9.17) is 0 Å². The minimum absolute atomic E-state index is 0.115. The third kappa shape index (κ3) is 4.98. The number of rotatable bonds is 5. The number of nitrogens with zero attached hydrogens (tertiary/aromatic N) is 1.